The largest absolute Gasteiger partial charge is 0.478 e. The van der Waals surface area contributed by atoms with E-state index in [9.17, 15) is 4.79 Å². The van der Waals surface area contributed by atoms with Crippen molar-refractivity contribution in [3.05, 3.63) is 51.6 Å². The fourth-order valence-corrected chi connectivity index (χ4v) is 1.75. The minimum absolute atomic E-state index is 0.125. The quantitative estimate of drug-likeness (QED) is 0.925. The third kappa shape index (κ3) is 2.80. The minimum atomic E-state index is -1.03. The number of rotatable bonds is 3. The summed E-state index contributed by atoms with van der Waals surface area (Å²) < 4.78 is 6.10. The molecule has 0 amide bonds. The number of benzene rings is 1. The first kappa shape index (κ1) is 12.9. The van der Waals surface area contributed by atoms with Gasteiger partial charge in [-0.15, -0.1) is 0 Å². The lowest BCUT2D eigenvalue weighted by Gasteiger charge is -2.08. The van der Waals surface area contributed by atoms with Gasteiger partial charge < -0.3 is 9.84 Å². The van der Waals surface area contributed by atoms with Gasteiger partial charge in [-0.05, 0) is 46.3 Å². The molecule has 2 rings (SSSR count). The number of nitrogens with zero attached hydrogens (tertiary/aromatic N) is 1. The van der Waals surface area contributed by atoms with Gasteiger partial charge in [-0.1, -0.05) is 11.6 Å². The first-order chi connectivity index (χ1) is 8.58. The molecule has 1 N–H and O–H groups in total. The second-order valence-electron chi connectivity index (χ2n) is 3.34. The van der Waals surface area contributed by atoms with Crippen molar-refractivity contribution >= 4 is 33.5 Å². The zero-order valence-corrected chi connectivity index (χ0v) is 11.3. The molecule has 2 aromatic rings. The van der Waals surface area contributed by atoms with Crippen molar-refractivity contribution in [2.24, 2.45) is 0 Å². The average molecular weight is 329 g/mol. The van der Waals surface area contributed by atoms with E-state index in [1.807, 2.05) is 0 Å². The van der Waals surface area contributed by atoms with Crippen LogP contribution in [0.3, 0.4) is 0 Å². The lowest BCUT2D eigenvalue weighted by molar-refractivity contribution is 0.0696. The van der Waals surface area contributed by atoms with Crippen molar-refractivity contribution in [2.75, 3.05) is 0 Å². The molecular weight excluding hydrogens is 321 g/mol. The number of carboxylic acid groups (broad SMARTS) is 1. The van der Waals surface area contributed by atoms with Crippen LogP contribution in [-0.4, -0.2) is 16.1 Å². The Hall–Kier alpha value is -1.59. The van der Waals surface area contributed by atoms with Crippen LogP contribution in [0.2, 0.25) is 5.02 Å². The highest BCUT2D eigenvalue weighted by Gasteiger charge is 2.11. The minimum Gasteiger partial charge on any atom is -0.478 e. The van der Waals surface area contributed by atoms with Crippen LogP contribution in [0.4, 0.5) is 0 Å². The van der Waals surface area contributed by atoms with E-state index in [4.69, 9.17) is 21.4 Å². The Balaban J connectivity index is 2.37. The summed E-state index contributed by atoms with van der Waals surface area (Å²) in [6.45, 7) is 0. The molecule has 0 bridgehead atoms. The number of hydrogen-bond acceptors (Lipinski definition) is 3. The van der Waals surface area contributed by atoms with Crippen LogP contribution >= 0.6 is 27.5 Å². The number of pyridine rings is 1. The molecule has 0 aliphatic heterocycles. The van der Waals surface area contributed by atoms with Gasteiger partial charge in [0.2, 0.25) is 5.88 Å². The van der Waals surface area contributed by atoms with Gasteiger partial charge in [0.05, 0.1) is 10.0 Å². The molecular formula is C12H7BrClNO3. The highest BCUT2D eigenvalue weighted by Crippen LogP contribution is 2.32. The highest BCUT2D eigenvalue weighted by atomic mass is 79.9. The van der Waals surface area contributed by atoms with E-state index in [-0.39, 0.29) is 11.4 Å². The summed E-state index contributed by atoms with van der Waals surface area (Å²) in [7, 11) is 0. The van der Waals surface area contributed by atoms with Crippen LogP contribution in [0.25, 0.3) is 0 Å². The number of halogens is 2. The predicted molar refractivity (Wildman–Crippen MR) is 70.4 cm³/mol. The van der Waals surface area contributed by atoms with Gasteiger partial charge in [0, 0.05) is 6.20 Å². The van der Waals surface area contributed by atoms with Crippen molar-refractivity contribution in [1.82, 2.24) is 4.98 Å². The predicted octanol–water partition coefficient (Wildman–Crippen LogP) is 3.99. The van der Waals surface area contributed by atoms with Crippen LogP contribution in [0.1, 0.15) is 10.4 Å². The second kappa shape index (κ2) is 5.37. The number of carbonyl (C=O) groups is 1. The molecule has 1 aromatic carbocycles. The molecule has 0 radical (unpaired) electrons. The number of hydrogen-bond donors (Lipinski definition) is 1. The summed E-state index contributed by atoms with van der Waals surface area (Å²) >= 11 is 9.18. The lowest BCUT2D eigenvalue weighted by Crippen LogP contribution is -1.97. The molecule has 18 heavy (non-hydrogen) atoms. The molecule has 92 valence electrons. The van der Waals surface area contributed by atoms with Crippen LogP contribution in [-0.2, 0) is 0 Å². The van der Waals surface area contributed by atoms with Crippen molar-refractivity contribution in [3.63, 3.8) is 0 Å². The number of aromatic nitrogens is 1. The molecule has 0 aliphatic carbocycles. The smallest absolute Gasteiger partial charge is 0.335 e. The molecule has 1 aromatic heterocycles. The van der Waals surface area contributed by atoms with Gasteiger partial charge >= 0.3 is 5.97 Å². The molecule has 0 aliphatic rings. The molecule has 0 saturated heterocycles. The van der Waals surface area contributed by atoms with E-state index in [0.29, 0.717) is 15.2 Å². The summed E-state index contributed by atoms with van der Waals surface area (Å²) in [5.74, 6) is -0.461. The Bertz CT molecular complexity index is 604. The van der Waals surface area contributed by atoms with Crippen LogP contribution < -0.4 is 4.74 Å². The van der Waals surface area contributed by atoms with E-state index >= 15 is 0 Å². The number of carboxylic acids is 1. The van der Waals surface area contributed by atoms with Crippen LogP contribution in [0.5, 0.6) is 11.6 Å². The van der Waals surface area contributed by atoms with Crippen molar-refractivity contribution in [2.45, 2.75) is 0 Å². The van der Waals surface area contributed by atoms with Gasteiger partial charge in [-0.2, -0.15) is 0 Å². The number of aromatic carboxylic acids is 1. The summed E-state index contributed by atoms with van der Waals surface area (Å²) in [6.07, 6.45) is 1.54. The van der Waals surface area contributed by atoms with Crippen molar-refractivity contribution < 1.29 is 14.6 Å². The van der Waals surface area contributed by atoms with Gasteiger partial charge in [0.25, 0.3) is 0 Å². The molecule has 0 saturated carbocycles. The Morgan fingerprint density at radius 1 is 1.39 bits per heavy atom. The normalized spacial score (nSPS) is 10.1. The SMILES string of the molecule is O=C(O)c1ccc(Br)c(Oc2ncccc2Cl)c1. The van der Waals surface area contributed by atoms with Gasteiger partial charge in [-0.25, -0.2) is 9.78 Å². The maximum Gasteiger partial charge on any atom is 0.335 e. The molecule has 4 nitrogen and oxygen atoms in total. The fourth-order valence-electron chi connectivity index (χ4n) is 1.27. The Labute approximate surface area is 116 Å². The monoisotopic (exact) mass is 327 g/mol. The second-order valence-corrected chi connectivity index (χ2v) is 4.60. The summed E-state index contributed by atoms with van der Waals surface area (Å²) in [6, 6.07) is 7.78. The van der Waals surface area contributed by atoms with Gasteiger partial charge in [0.1, 0.15) is 10.8 Å². The first-order valence-electron chi connectivity index (χ1n) is 4.89. The molecule has 0 spiro atoms. The molecule has 0 unspecified atom stereocenters. The van der Waals surface area contributed by atoms with E-state index in [1.54, 1.807) is 18.2 Å². The maximum absolute atomic E-state index is 10.9. The van der Waals surface area contributed by atoms with E-state index in [1.165, 1.54) is 18.3 Å². The fraction of sp³-hybridized carbons (Fsp3) is 0. The molecule has 0 fully saturated rings. The van der Waals surface area contributed by atoms with Gasteiger partial charge in [0.15, 0.2) is 0 Å². The highest BCUT2D eigenvalue weighted by molar-refractivity contribution is 9.10. The first-order valence-corrected chi connectivity index (χ1v) is 6.06. The van der Waals surface area contributed by atoms with E-state index in [2.05, 4.69) is 20.9 Å². The maximum atomic E-state index is 10.9. The molecule has 6 heteroatoms. The molecule has 1 heterocycles. The lowest BCUT2D eigenvalue weighted by atomic mass is 10.2. The van der Waals surface area contributed by atoms with Crippen LogP contribution in [0.15, 0.2) is 41.0 Å². The van der Waals surface area contributed by atoms with Crippen molar-refractivity contribution in [3.8, 4) is 11.6 Å². The van der Waals surface area contributed by atoms with Crippen molar-refractivity contribution in [1.29, 1.82) is 0 Å². The summed E-state index contributed by atoms with van der Waals surface area (Å²) in [5.41, 5.74) is 0.125. The number of ether oxygens (including phenoxy) is 1. The third-order valence-corrected chi connectivity index (χ3v) is 3.05. The van der Waals surface area contributed by atoms with Crippen LogP contribution in [0, 0.1) is 0 Å². The zero-order valence-electron chi connectivity index (χ0n) is 8.93. The summed E-state index contributed by atoms with van der Waals surface area (Å²) in [4.78, 5) is 14.8. The van der Waals surface area contributed by atoms with E-state index < -0.39 is 5.97 Å². The Kier molecular flexibility index (Phi) is 3.84. The van der Waals surface area contributed by atoms with Gasteiger partial charge in [-0.3, -0.25) is 0 Å². The van der Waals surface area contributed by atoms with E-state index in [0.717, 1.165) is 0 Å². The molecule has 0 atom stereocenters. The zero-order chi connectivity index (χ0) is 13.1. The Morgan fingerprint density at radius 2 is 2.17 bits per heavy atom. The topological polar surface area (TPSA) is 59.4 Å². The standard InChI is InChI=1S/C12H7BrClNO3/c13-8-4-3-7(12(16)17)6-10(8)18-11-9(14)2-1-5-15-11/h1-6H,(H,16,17). The third-order valence-electron chi connectivity index (χ3n) is 2.11. The summed E-state index contributed by atoms with van der Waals surface area (Å²) in [5, 5.41) is 9.26. The average Bonchev–Trinajstić information content (AvgIpc) is 2.34. The Morgan fingerprint density at radius 3 is 2.83 bits per heavy atom.